The normalized spacial score (nSPS) is 12.3. The van der Waals surface area contributed by atoms with Crippen molar-refractivity contribution in [3.05, 3.63) is 11.8 Å². The molecule has 0 amide bonds. The Kier molecular flexibility index (Phi) is 5.09. The molecule has 1 aromatic rings. The van der Waals surface area contributed by atoms with Crippen molar-refractivity contribution in [2.24, 2.45) is 0 Å². The molecule has 19 heavy (non-hydrogen) atoms. The monoisotopic (exact) mass is 267 g/mol. The molecule has 1 unspecified atom stereocenters. The summed E-state index contributed by atoms with van der Waals surface area (Å²) in [5.74, 6) is -0.0593. The van der Waals surface area contributed by atoms with Crippen molar-refractivity contribution < 1.29 is 14.6 Å². The summed E-state index contributed by atoms with van der Waals surface area (Å²) in [6.45, 7) is 7.46. The Morgan fingerprint density at radius 3 is 2.58 bits per heavy atom. The summed E-state index contributed by atoms with van der Waals surface area (Å²) in [6, 6.07) is 1.09. The molecule has 1 atom stereocenters. The molecule has 6 nitrogen and oxygen atoms in total. The van der Waals surface area contributed by atoms with Gasteiger partial charge in [0.25, 0.3) is 0 Å². The van der Waals surface area contributed by atoms with E-state index in [-0.39, 0.29) is 6.10 Å². The largest absolute Gasteiger partial charge is 0.480 e. The summed E-state index contributed by atoms with van der Waals surface area (Å²) in [7, 11) is 1.68. The van der Waals surface area contributed by atoms with Gasteiger partial charge in [-0.3, -0.25) is 0 Å². The zero-order valence-electron chi connectivity index (χ0n) is 12.0. The van der Waals surface area contributed by atoms with Gasteiger partial charge in [0.15, 0.2) is 0 Å². The molecule has 6 heteroatoms. The second kappa shape index (κ2) is 6.36. The van der Waals surface area contributed by atoms with E-state index in [1.807, 2.05) is 27.7 Å². The molecule has 0 saturated heterocycles. The van der Waals surface area contributed by atoms with Crippen LogP contribution in [-0.4, -0.2) is 40.2 Å². The van der Waals surface area contributed by atoms with E-state index in [0.29, 0.717) is 18.2 Å². The van der Waals surface area contributed by atoms with Crippen LogP contribution in [0.1, 0.15) is 32.9 Å². The Hall–Kier alpha value is -1.85. The van der Waals surface area contributed by atoms with Crippen molar-refractivity contribution in [3.8, 4) is 5.88 Å². The van der Waals surface area contributed by atoms with Crippen LogP contribution in [0, 0.1) is 6.92 Å². The number of aromatic nitrogens is 2. The van der Waals surface area contributed by atoms with Gasteiger partial charge in [-0.25, -0.2) is 9.78 Å². The maximum absolute atomic E-state index is 11.2. The molecule has 0 spiro atoms. The first-order valence-electron chi connectivity index (χ1n) is 6.33. The first-order chi connectivity index (χ1) is 8.85. The lowest BCUT2D eigenvalue weighted by Gasteiger charge is -2.24. The third-order valence-electron chi connectivity index (χ3n) is 2.63. The number of carbonyl (C=O) groups is 1. The van der Waals surface area contributed by atoms with Gasteiger partial charge in [-0.15, -0.1) is 0 Å². The fourth-order valence-corrected chi connectivity index (χ4v) is 1.74. The second-order valence-corrected chi connectivity index (χ2v) is 4.69. The van der Waals surface area contributed by atoms with Gasteiger partial charge < -0.3 is 14.7 Å². The molecule has 0 radical (unpaired) electrons. The predicted octanol–water partition coefficient (Wildman–Crippen LogP) is 1.87. The number of ether oxygens (including phenoxy) is 1. The Labute approximate surface area is 113 Å². The van der Waals surface area contributed by atoms with Gasteiger partial charge in [0, 0.05) is 18.8 Å². The maximum Gasteiger partial charge on any atom is 0.326 e. The molecule has 0 aliphatic heterocycles. The van der Waals surface area contributed by atoms with Gasteiger partial charge in [-0.05, 0) is 27.2 Å². The molecule has 0 aliphatic rings. The van der Waals surface area contributed by atoms with Crippen LogP contribution in [0.5, 0.6) is 5.88 Å². The van der Waals surface area contributed by atoms with Crippen LogP contribution in [0.3, 0.4) is 0 Å². The minimum atomic E-state index is -0.888. The van der Waals surface area contributed by atoms with Crippen molar-refractivity contribution in [1.82, 2.24) is 9.97 Å². The van der Waals surface area contributed by atoms with Crippen molar-refractivity contribution in [2.75, 3.05) is 11.9 Å². The van der Waals surface area contributed by atoms with Crippen molar-refractivity contribution in [2.45, 2.75) is 46.3 Å². The molecular formula is C13H21N3O3. The van der Waals surface area contributed by atoms with Crippen LogP contribution < -0.4 is 9.64 Å². The zero-order chi connectivity index (χ0) is 14.6. The van der Waals surface area contributed by atoms with Gasteiger partial charge in [-0.1, -0.05) is 6.92 Å². The van der Waals surface area contributed by atoms with E-state index >= 15 is 0 Å². The molecule has 1 N–H and O–H groups in total. The molecule has 0 aliphatic carbocycles. The molecule has 1 aromatic heterocycles. The van der Waals surface area contributed by atoms with Gasteiger partial charge >= 0.3 is 5.97 Å². The molecule has 1 heterocycles. The maximum atomic E-state index is 11.2. The Balaban J connectivity index is 3.05. The second-order valence-electron chi connectivity index (χ2n) is 4.69. The van der Waals surface area contributed by atoms with Gasteiger partial charge in [0.1, 0.15) is 6.04 Å². The lowest BCUT2D eigenvalue weighted by atomic mass is 10.2. The molecule has 0 aromatic carbocycles. The number of likely N-dealkylation sites (N-methyl/N-ethyl adjacent to an activating group) is 1. The van der Waals surface area contributed by atoms with E-state index in [1.54, 1.807) is 18.0 Å². The molecule has 0 saturated carbocycles. The van der Waals surface area contributed by atoms with E-state index in [2.05, 4.69) is 9.97 Å². The van der Waals surface area contributed by atoms with Crippen LogP contribution >= 0.6 is 0 Å². The SMILES string of the molecule is CCC(C(=O)O)N(C)c1nc(C)cc(OC(C)C)n1. The third kappa shape index (κ3) is 4.08. The summed E-state index contributed by atoms with van der Waals surface area (Å²) < 4.78 is 5.53. The molecular weight excluding hydrogens is 246 g/mol. The van der Waals surface area contributed by atoms with Crippen LogP contribution in [-0.2, 0) is 4.79 Å². The average Bonchev–Trinajstić information content (AvgIpc) is 2.27. The minimum absolute atomic E-state index is 0.00824. The van der Waals surface area contributed by atoms with E-state index in [0.717, 1.165) is 5.69 Å². The molecule has 106 valence electrons. The number of hydrogen-bond donors (Lipinski definition) is 1. The summed E-state index contributed by atoms with van der Waals surface area (Å²) in [5, 5.41) is 9.16. The number of carboxylic acids is 1. The summed E-state index contributed by atoms with van der Waals surface area (Å²) in [6.07, 6.45) is 0.484. The number of aryl methyl sites for hydroxylation is 1. The lowest BCUT2D eigenvalue weighted by Crippen LogP contribution is -2.39. The summed E-state index contributed by atoms with van der Waals surface area (Å²) >= 11 is 0. The van der Waals surface area contributed by atoms with Gasteiger partial charge in [0.2, 0.25) is 11.8 Å². The number of carboxylic acid groups (broad SMARTS) is 1. The number of hydrogen-bond acceptors (Lipinski definition) is 5. The van der Waals surface area contributed by atoms with Crippen LogP contribution in [0.15, 0.2) is 6.07 Å². The van der Waals surface area contributed by atoms with Crippen molar-refractivity contribution in [1.29, 1.82) is 0 Å². The quantitative estimate of drug-likeness (QED) is 0.848. The molecule has 1 rings (SSSR count). The first-order valence-corrected chi connectivity index (χ1v) is 6.33. The minimum Gasteiger partial charge on any atom is -0.480 e. The Bertz CT molecular complexity index is 449. The topological polar surface area (TPSA) is 75.5 Å². The molecule has 0 bridgehead atoms. The number of anilines is 1. The standard InChI is InChI=1S/C13H21N3O3/c1-6-10(12(17)18)16(5)13-14-9(4)7-11(15-13)19-8(2)3/h7-8,10H,6H2,1-5H3,(H,17,18). The third-order valence-corrected chi connectivity index (χ3v) is 2.63. The number of aliphatic carboxylic acids is 1. The van der Waals surface area contributed by atoms with E-state index in [4.69, 9.17) is 9.84 Å². The highest BCUT2D eigenvalue weighted by Gasteiger charge is 2.23. The lowest BCUT2D eigenvalue weighted by molar-refractivity contribution is -0.138. The average molecular weight is 267 g/mol. The molecule has 0 fully saturated rings. The van der Waals surface area contributed by atoms with E-state index < -0.39 is 12.0 Å². The highest BCUT2D eigenvalue weighted by Crippen LogP contribution is 2.18. The predicted molar refractivity (Wildman–Crippen MR) is 72.7 cm³/mol. The van der Waals surface area contributed by atoms with E-state index in [1.165, 1.54) is 0 Å². The van der Waals surface area contributed by atoms with Gasteiger partial charge in [0.05, 0.1) is 6.10 Å². The number of rotatable bonds is 6. The van der Waals surface area contributed by atoms with Crippen molar-refractivity contribution >= 4 is 11.9 Å². The van der Waals surface area contributed by atoms with Crippen LogP contribution in [0.2, 0.25) is 0 Å². The summed E-state index contributed by atoms with van der Waals surface area (Å²) in [4.78, 5) is 21.2. The Morgan fingerprint density at radius 2 is 2.11 bits per heavy atom. The highest BCUT2D eigenvalue weighted by atomic mass is 16.5. The summed E-state index contributed by atoms with van der Waals surface area (Å²) in [5.41, 5.74) is 0.743. The van der Waals surface area contributed by atoms with Crippen LogP contribution in [0.25, 0.3) is 0 Å². The van der Waals surface area contributed by atoms with Crippen molar-refractivity contribution in [3.63, 3.8) is 0 Å². The fraction of sp³-hybridized carbons (Fsp3) is 0.615. The smallest absolute Gasteiger partial charge is 0.326 e. The van der Waals surface area contributed by atoms with Crippen LogP contribution in [0.4, 0.5) is 5.95 Å². The van der Waals surface area contributed by atoms with E-state index in [9.17, 15) is 4.79 Å². The number of nitrogens with zero attached hydrogens (tertiary/aromatic N) is 3. The van der Waals surface area contributed by atoms with Gasteiger partial charge in [-0.2, -0.15) is 4.98 Å². The Morgan fingerprint density at radius 1 is 1.47 bits per heavy atom. The fourth-order valence-electron chi connectivity index (χ4n) is 1.74. The first kappa shape index (κ1) is 15.2. The zero-order valence-corrected chi connectivity index (χ0v) is 12.0. The highest BCUT2D eigenvalue weighted by molar-refractivity contribution is 5.77.